The number of ether oxygens (including phenoxy) is 3. The largest absolute Gasteiger partial charge is 0.493 e. The number of urea groups is 1. The number of rotatable bonds is 9. The van der Waals surface area contributed by atoms with Crippen molar-refractivity contribution < 1.29 is 23.8 Å². The van der Waals surface area contributed by atoms with Crippen molar-refractivity contribution in [3.8, 4) is 11.5 Å². The van der Waals surface area contributed by atoms with Crippen molar-refractivity contribution in [2.24, 2.45) is 0 Å². The molecule has 8 nitrogen and oxygen atoms in total. The molecule has 1 aromatic carbocycles. The Labute approximate surface area is 160 Å². The molecular weight excluding hydrogens is 350 g/mol. The number of carbonyl (C=O) groups excluding carboxylic acids is 2. The molecule has 152 valence electrons. The molecule has 0 spiro atoms. The first-order valence-corrected chi connectivity index (χ1v) is 9.03. The fourth-order valence-corrected chi connectivity index (χ4v) is 2.18. The summed E-state index contributed by atoms with van der Waals surface area (Å²) in [6, 6.07) is 5.41. The van der Waals surface area contributed by atoms with Crippen LogP contribution in [0.5, 0.6) is 11.5 Å². The summed E-state index contributed by atoms with van der Waals surface area (Å²) in [6.07, 6.45) is 0.154. The quantitative estimate of drug-likeness (QED) is 0.571. The highest BCUT2D eigenvalue weighted by Gasteiger charge is 2.15. The van der Waals surface area contributed by atoms with Crippen LogP contribution >= 0.6 is 0 Å². The van der Waals surface area contributed by atoms with Crippen LogP contribution in [0, 0.1) is 0 Å². The Morgan fingerprint density at radius 3 is 2.30 bits per heavy atom. The maximum atomic E-state index is 11.8. The van der Waals surface area contributed by atoms with Crippen molar-refractivity contribution in [2.75, 3.05) is 33.4 Å². The molecule has 0 saturated carbocycles. The van der Waals surface area contributed by atoms with Gasteiger partial charge in [0.25, 0.3) is 0 Å². The number of amides is 3. The lowest BCUT2D eigenvalue weighted by Gasteiger charge is -2.19. The Kier molecular flexibility index (Phi) is 9.25. The van der Waals surface area contributed by atoms with Crippen LogP contribution in [0.2, 0.25) is 0 Å². The second kappa shape index (κ2) is 11.2. The fraction of sp³-hybridized carbons (Fsp3) is 0.579. The third-order valence-corrected chi connectivity index (χ3v) is 3.31. The minimum absolute atomic E-state index is 0.290. The normalized spacial score (nSPS) is 10.7. The van der Waals surface area contributed by atoms with Gasteiger partial charge in [-0.2, -0.15) is 0 Å². The van der Waals surface area contributed by atoms with E-state index in [0.29, 0.717) is 44.2 Å². The van der Waals surface area contributed by atoms with E-state index in [9.17, 15) is 9.59 Å². The van der Waals surface area contributed by atoms with Gasteiger partial charge < -0.3 is 30.2 Å². The number of nitrogens with one attached hydrogen (secondary N) is 3. The third-order valence-electron chi connectivity index (χ3n) is 3.31. The van der Waals surface area contributed by atoms with Crippen LogP contribution in [0.25, 0.3) is 0 Å². The van der Waals surface area contributed by atoms with Crippen molar-refractivity contribution in [3.63, 3.8) is 0 Å². The second-order valence-electron chi connectivity index (χ2n) is 6.78. The van der Waals surface area contributed by atoms with E-state index < -0.39 is 11.7 Å². The fourth-order valence-electron chi connectivity index (χ4n) is 2.18. The van der Waals surface area contributed by atoms with E-state index in [4.69, 9.17) is 14.2 Å². The van der Waals surface area contributed by atoms with E-state index in [1.807, 2.05) is 25.1 Å². The Bertz CT molecular complexity index is 614. The van der Waals surface area contributed by atoms with E-state index >= 15 is 0 Å². The molecule has 27 heavy (non-hydrogen) atoms. The molecule has 0 aliphatic rings. The summed E-state index contributed by atoms with van der Waals surface area (Å²) in [5.74, 6) is 1.37. The average Bonchev–Trinajstić information content (AvgIpc) is 2.58. The zero-order valence-corrected chi connectivity index (χ0v) is 16.8. The van der Waals surface area contributed by atoms with Gasteiger partial charge in [0.15, 0.2) is 11.5 Å². The summed E-state index contributed by atoms with van der Waals surface area (Å²) in [5.41, 5.74) is 0.487. The van der Waals surface area contributed by atoms with Gasteiger partial charge in [-0.3, -0.25) is 0 Å². The molecular formula is C19H31N3O5. The molecule has 0 aliphatic heterocycles. The number of hydrogen-bond donors (Lipinski definition) is 3. The van der Waals surface area contributed by atoms with Crippen LogP contribution in [0.3, 0.4) is 0 Å². The lowest BCUT2D eigenvalue weighted by molar-refractivity contribution is 0.0528. The van der Waals surface area contributed by atoms with Crippen molar-refractivity contribution in [3.05, 3.63) is 23.8 Å². The summed E-state index contributed by atoms with van der Waals surface area (Å²) in [6.45, 7) is 8.93. The Morgan fingerprint density at radius 1 is 1.00 bits per heavy atom. The molecule has 0 bridgehead atoms. The molecule has 3 N–H and O–H groups in total. The first-order valence-electron chi connectivity index (χ1n) is 9.03. The van der Waals surface area contributed by atoms with Gasteiger partial charge in [-0.1, -0.05) is 6.07 Å². The highest BCUT2D eigenvalue weighted by atomic mass is 16.6. The van der Waals surface area contributed by atoms with E-state index in [-0.39, 0.29) is 6.03 Å². The number of hydrogen-bond acceptors (Lipinski definition) is 5. The summed E-state index contributed by atoms with van der Waals surface area (Å²) < 4.78 is 15.9. The van der Waals surface area contributed by atoms with E-state index in [2.05, 4.69) is 16.0 Å². The van der Waals surface area contributed by atoms with Gasteiger partial charge in [0, 0.05) is 19.6 Å². The minimum Gasteiger partial charge on any atom is -0.493 e. The predicted molar refractivity (Wildman–Crippen MR) is 104 cm³/mol. The van der Waals surface area contributed by atoms with Crippen LogP contribution in [0.4, 0.5) is 9.59 Å². The second-order valence-corrected chi connectivity index (χ2v) is 6.78. The summed E-state index contributed by atoms with van der Waals surface area (Å²) in [5, 5.41) is 8.01. The average molecular weight is 381 g/mol. The van der Waals surface area contributed by atoms with Gasteiger partial charge in [-0.05, 0) is 51.8 Å². The lowest BCUT2D eigenvalue weighted by Crippen LogP contribution is -2.41. The number of carbonyl (C=O) groups is 2. The molecule has 0 saturated heterocycles. The smallest absolute Gasteiger partial charge is 0.407 e. The standard InChI is InChI=1S/C19H31N3O5/c1-6-26-15-8-7-14(13-16(15)25-5)9-10-20-17(23)21-11-12-22-18(24)27-19(2,3)4/h7-8,13H,6,9-12H2,1-5H3,(H,22,24)(H2,20,21,23). The molecule has 0 radical (unpaired) electrons. The van der Waals surface area contributed by atoms with Crippen LogP contribution in [0.15, 0.2) is 18.2 Å². The number of methoxy groups -OCH3 is 1. The molecule has 0 fully saturated rings. The number of benzene rings is 1. The summed E-state index contributed by atoms with van der Waals surface area (Å²) in [7, 11) is 1.60. The van der Waals surface area contributed by atoms with Crippen molar-refractivity contribution in [2.45, 2.75) is 39.7 Å². The van der Waals surface area contributed by atoms with E-state index in [1.165, 1.54) is 0 Å². The van der Waals surface area contributed by atoms with E-state index in [1.54, 1.807) is 27.9 Å². The van der Waals surface area contributed by atoms with Crippen molar-refractivity contribution in [1.82, 2.24) is 16.0 Å². The van der Waals surface area contributed by atoms with Gasteiger partial charge in [-0.15, -0.1) is 0 Å². The molecule has 0 heterocycles. The zero-order chi connectivity index (χ0) is 20.3. The lowest BCUT2D eigenvalue weighted by atomic mass is 10.1. The monoisotopic (exact) mass is 381 g/mol. The van der Waals surface area contributed by atoms with Gasteiger partial charge in [0.2, 0.25) is 0 Å². The van der Waals surface area contributed by atoms with Crippen LogP contribution in [-0.4, -0.2) is 51.1 Å². The Morgan fingerprint density at radius 2 is 1.67 bits per heavy atom. The van der Waals surface area contributed by atoms with Gasteiger partial charge in [0.1, 0.15) is 5.60 Å². The molecule has 0 atom stereocenters. The first kappa shape index (κ1) is 22.4. The molecule has 3 amide bonds. The molecule has 8 heteroatoms. The SMILES string of the molecule is CCOc1ccc(CCNC(=O)NCCNC(=O)OC(C)(C)C)cc1OC. The molecule has 0 aliphatic carbocycles. The van der Waals surface area contributed by atoms with E-state index in [0.717, 1.165) is 5.56 Å². The zero-order valence-electron chi connectivity index (χ0n) is 16.8. The summed E-state index contributed by atoms with van der Waals surface area (Å²) in [4.78, 5) is 23.2. The first-order chi connectivity index (χ1) is 12.7. The van der Waals surface area contributed by atoms with Crippen LogP contribution in [-0.2, 0) is 11.2 Å². The van der Waals surface area contributed by atoms with Gasteiger partial charge in [0.05, 0.1) is 13.7 Å². The highest BCUT2D eigenvalue weighted by molar-refractivity contribution is 5.74. The number of alkyl carbamates (subject to hydrolysis) is 1. The molecule has 0 unspecified atom stereocenters. The molecule has 0 aromatic heterocycles. The van der Waals surface area contributed by atoms with Crippen LogP contribution < -0.4 is 25.4 Å². The minimum atomic E-state index is -0.543. The highest BCUT2D eigenvalue weighted by Crippen LogP contribution is 2.28. The maximum Gasteiger partial charge on any atom is 0.407 e. The molecule has 1 rings (SSSR count). The van der Waals surface area contributed by atoms with Crippen molar-refractivity contribution >= 4 is 12.1 Å². The van der Waals surface area contributed by atoms with Crippen molar-refractivity contribution in [1.29, 1.82) is 0 Å². The Hall–Kier alpha value is -2.64. The Balaban J connectivity index is 2.24. The summed E-state index contributed by atoms with van der Waals surface area (Å²) >= 11 is 0. The maximum absolute atomic E-state index is 11.8. The van der Waals surface area contributed by atoms with Gasteiger partial charge in [-0.25, -0.2) is 9.59 Å². The van der Waals surface area contributed by atoms with Gasteiger partial charge >= 0.3 is 12.1 Å². The molecule has 1 aromatic rings. The van der Waals surface area contributed by atoms with Crippen LogP contribution in [0.1, 0.15) is 33.3 Å². The predicted octanol–water partition coefficient (Wildman–Crippen LogP) is 2.46. The topological polar surface area (TPSA) is 97.9 Å². The third kappa shape index (κ3) is 9.58.